The zero-order chi connectivity index (χ0) is 24.4. The van der Waals surface area contributed by atoms with Gasteiger partial charge in [-0.2, -0.15) is 0 Å². The van der Waals surface area contributed by atoms with E-state index in [1.54, 1.807) is 14.2 Å². The van der Waals surface area contributed by atoms with E-state index in [1.165, 1.54) is 0 Å². The first kappa shape index (κ1) is 28.4. The molecular formula is C22H44N4O6. The van der Waals surface area contributed by atoms with E-state index in [0.29, 0.717) is 0 Å². The molecule has 0 aromatic carbocycles. The van der Waals surface area contributed by atoms with Crippen molar-refractivity contribution in [1.29, 1.82) is 0 Å². The van der Waals surface area contributed by atoms with Crippen molar-refractivity contribution in [2.24, 2.45) is 0 Å². The fraction of sp³-hybridized carbons (Fsp3) is 0.909. The maximum Gasteiger partial charge on any atom is 0.407 e. The molecule has 0 aliphatic carbocycles. The van der Waals surface area contributed by atoms with Crippen LogP contribution in [0.4, 0.5) is 9.59 Å². The Bertz CT molecular complexity index is 526. The third-order valence-corrected chi connectivity index (χ3v) is 4.86. The Hall–Kier alpha value is -1.62. The molecule has 0 radical (unpaired) electrons. The van der Waals surface area contributed by atoms with Crippen molar-refractivity contribution in [3.05, 3.63) is 0 Å². The number of nitrogens with one attached hydrogen (secondary N) is 4. The van der Waals surface area contributed by atoms with E-state index in [9.17, 15) is 9.59 Å². The van der Waals surface area contributed by atoms with Gasteiger partial charge in [-0.25, -0.2) is 9.59 Å². The fourth-order valence-electron chi connectivity index (χ4n) is 3.40. The first-order chi connectivity index (χ1) is 14.8. The molecule has 2 aliphatic rings. The molecule has 2 heterocycles. The molecule has 0 aromatic heterocycles. The number of methoxy groups -OCH3 is 2. The predicted octanol–water partition coefficient (Wildman–Crippen LogP) is 1.78. The summed E-state index contributed by atoms with van der Waals surface area (Å²) in [5.41, 5.74) is -0.918. The highest BCUT2D eigenvalue weighted by Crippen LogP contribution is 2.12. The molecule has 32 heavy (non-hydrogen) atoms. The molecule has 2 saturated heterocycles. The topological polar surface area (TPSA) is 119 Å². The van der Waals surface area contributed by atoms with Gasteiger partial charge in [0.05, 0.1) is 24.3 Å². The van der Waals surface area contributed by atoms with E-state index < -0.39 is 11.2 Å². The molecule has 0 spiro atoms. The Labute approximate surface area is 192 Å². The number of rotatable bonds is 4. The van der Waals surface area contributed by atoms with Crippen molar-refractivity contribution in [2.45, 2.75) is 89.9 Å². The van der Waals surface area contributed by atoms with E-state index in [1.807, 2.05) is 41.5 Å². The zero-order valence-electron chi connectivity index (χ0n) is 21.0. The molecule has 4 atom stereocenters. The number of hydrogen-bond acceptors (Lipinski definition) is 8. The lowest BCUT2D eigenvalue weighted by molar-refractivity contribution is 0.0259. The average Bonchev–Trinajstić information content (AvgIpc) is 2.66. The predicted molar refractivity (Wildman–Crippen MR) is 123 cm³/mol. The molecule has 188 valence electrons. The first-order valence-electron chi connectivity index (χ1n) is 11.3. The van der Waals surface area contributed by atoms with Gasteiger partial charge in [0, 0.05) is 27.3 Å². The van der Waals surface area contributed by atoms with Crippen LogP contribution in [0.5, 0.6) is 0 Å². The molecule has 2 aliphatic heterocycles. The quantitative estimate of drug-likeness (QED) is 0.501. The summed E-state index contributed by atoms with van der Waals surface area (Å²) in [5, 5.41) is 12.1. The van der Waals surface area contributed by atoms with Crippen LogP contribution in [0.15, 0.2) is 0 Å². The fourth-order valence-corrected chi connectivity index (χ4v) is 3.40. The number of carbonyl (C=O) groups is 2. The van der Waals surface area contributed by atoms with Crippen LogP contribution < -0.4 is 21.3 Å². The summed E-state index contributed by atoms with van der Waals surface area (Å²) in [4.78, 5) is 23.2. The number of ether oxygens (including phenoxy) is 4. The molecular weight excluding hydrogens is 416 g/mol. The molecule has 10 nitrogen and oxygen atoms in total. The second kappa shape index (κ2) is 13.2. The number of amides is 2. The summed E-state index contributed by atoms with van der Waals surface area (Å²) in [7, 11) is 3.31. The van der Waals surface area contributed by atoms with Gasteiger partial charge < -0.3 is 40.2 Å². The van der Waals surface area contributed by atoms with Crippen LogP contribution in [0, 0.1) is 0 Å². The second-order valence-corrected chi connectivity index (χ2v) is 10.0. The van der Waals surface area contributed by atoms with Gasteiger partial charge >= 0.3 is 12.2 Å². The number of piperidine rings is 2. The van der Waals surface area contributed by atoms with Crippen molar-refractivity contribution in [3.63, 3.8) is 0 Å². The van der Waals surface area contributed by atoms with Gasteiger partial charge in [0.25, 0.3) is 0 Å². The van der Waals surface area contributed by atoms with E-state index in [2.05, 4.69) is 21.3 Å². The maximum atomic E-state index is 11.6. The summed E-state index contributed by atoms with van der Waals surface area (Å²) in [6, 6.07) is 0.0576. The van der Waals surface area contributed by atoms with Crippen molar-refractivity contribution in [2.75, 3.05) is 40.4 Å². The Morgan fingerprint density at radius 3 is 1.34 bits per heavy atom. The minimum absolute atomic E-state index is 0.0151. The molecule has 0 saturated carbocycles. The smallest absolute Gasteiger partial charge is 0.407 e. The average molecular weight is 461 g/mol. The monoisotopic (exact) mass is 460 g/mol. The summed E-state index contributed by atoms with van der Waals surface area (Å²) in [6.45, 7) is 14.4. The molecule has 2 amide bonds. The molecule has 0 unspecified atom stereocenters. The number of alkyl carbamates (subject to hydrolysis) is 2. The van der Waals surface area contributed by atoms with Crippen molar-refractivity contribution < 1.29 is 28.5 Å². The van der Waals surface area contributed by atoms with Crippen LogP contribution in [0.3, 0.4) is 0 Å². The number of carbonyl (C=O) groups excluding carboxylic acids is 2. The zero-order valence-corrected chi connectivity index (χ0v) is 21.0. The van der Waals surface area contributed by atoms with Crippen LogP contribution >= 0.6 is 0 Å². The summed E-state index contributed by atoms with van der Waals surface area (Å²) in [6.07, 6.45) is 1.00. The Kier molecular flexibility index (Phi) is 11.7. The largest absolute Gasteiger partial charge is 0.444 e. The van der Waals surface area contributed by atoms with Crippen LogP contribution in [-0.2, 0) is 18.9 Å². The van der Waals surface area contributed by atoms with Gasteiger partial charge in [0.15, 0.2) is 0 Å². The minimum Gasteiger partial charge on any atom is -0.444 e. The summed E-state index contributed by atoms with van der Waals surface area (Å²) in [5.74, 6) is 0. The van der Waals surface area contributed by atoms with Crippen LogP contribution in [-0.4, -0.2) is 88.1 Å². The second-order valence-electron chi connectivity index (χ2n) is 10.0. The lowest BCUT2D eigenvalue weighted by Crippen LogP contribution is -2.54. The maximum absolute atomic E-state index is 11.6. The lowest BCUT2D eigenvalue weighted by Gasteiger charge is -2.32. The Morgan fingerprint density at radius 2 is 1.06 bits per heavy atom. The van der Waals surface area contributed by atoms with Crippen LogP contribution in [0.25, 0.3) is 0 Å². The van der Waals surface area contributed by atoms with Crippen LogP contribution in [0.2, 0.25) is 0 Å². The standard InChI is InChI=1S/2C11H22N2O3/c2*1-11(2,3)16-10(14)13-8-5-6-12-7-9(8)15-4/h2*8-9,12H,5-7H2,1-4H3,(H,13,14)/t2*8-,9+/m10/s1. The van der Waals surface area contributed by atoms with E-state index >= 15 is 0 Å². The molecule has 4 N–H and O–H groups in total. The van der Waals surface area contributed by atoms with Crippen molar-refractivity contribution in [3.8, 4) is 0 Å². The highest BCUT2D eigenvalue weighted by molar-refractivity contribution is 5.68. The lowest BCUT2D eigenvalue weighted by atomic mass is 10.0. The molecule has 0 bridgehead atoms. The van der Waals surface area contributed by atoms with Gasteiger partial charge in [0.1, 0.15) is 11.2 Å². The third-order valence-electron chi connectivity index (χ3n) is 4.86. The van der Waals surface area contributed by atoms with Gasteiger partial charge in [-0.05, 0) is 67.5 Å². The van der Waals surface area contributed by atoms with Crippen LogP contribution in [0.1, 0.15) is 54.4 Å². The molecule has 0 aromatic rings. The highest BCUT2D eigenvalue weighted by atomic mass is 16.6. The van der Waals surface area contributed by atoms with Crippen molar-refractivity contribution in [1.82, 2.24) is 21.3 Å². The molecule has 10 heteroatoms. The van der Waals surface area contributed by atoms with Gasteiger partial charge in [-0.1, -0.05) is 0 Å². The van der Waals surface area contributed by atoms with Gasteiger partial charge in [0.2, 0.25) is 0 Å². The third kappa shape index (κ3) is 11.8. The summed E-state index contributed by atoms with van der Waals surface area (Å²) >= 11 is 0. The number of hydrogen-bond donors (Lipinski definition) is 4. The summed E-state index contributed by atoms with van der Waals surface area (Å²) < 4.78 is 21.0. The van der Waals surface area contributed by atoms with E-state index in [4.69, 9.17) is 18.9 Å². The normalized spacial score (nSPS) is 26.2. The van der Waals surface area contributed by atoms with E-state index in [-0.39, 0.29) is 36.5 Å². The minimum atomic E-state index is -0.459. The van der Waals surface area contributed by atoms with E-state index in [0.717, 1.165) is 39.0 Å². The highest BCUT2D eigenvalue weighted by Gasteiger charge is 2.29. The Balaban J connectivity index is 0.000000320. The van der Waals surface area contributed by atoms with Gasteiger partial charge in [-0.15, -0.1) is 0 Å². The SMILES string of the molecule is CO[C@@H]1CNCC[C@@H]1NC(=O)OC(C)(C)C.CO[C@H]1CNCC[C@H]1NC(=O)OC(C)(C)C. The van der Waals surface area contributed by atoms with Crippen molar-refractivity contribution >= 4 is 12.2 Å². The first-order valence-corrected chi connectivity index (χ1v) is 11.3. The molecule has 2 rings (SSSR count). The Morgan fingerprint density at radius 1 is 0.719 bits per heavy atom. The molecule has 2 fully saturated rings. The van der Waals surface area contributed by atoms with Gasteiger partial charge in [-0.3, -0.25) is 0 Å².